The van der Waals surface area contributed by atoms with Crippen LogP contribution in [0.2, 0.25) is 5.02 Å². The first kappa shape index (κ1) is 25.6. The highest BCUT2D eigenvalue weighted by Gasteiger charge is 2.44. The Morgan fingerprint density at radius 2 is 1.63 bits per heavy atom. The summed E-state index contributed by atoms with van der Waals surface area (Å²) >= 11 is 6.54. The third kappa shape index (κ3) is 5.38. The fraction of sp³-hybridized carbons (Fsp3) is 0.357. The van der Waals surface area contributed by atoms with Gasteiger partial charge in [-0.3, -0.25) is 0 Å². The zero-order valence-corrected chi connectivity index (χ0v) is 20.5. The third-order valence-electron chi connectivity index (χ3n) is 6.55. The minimum Gasteiger partial charge on any atom is -0.494 e. The van der Waals surface area contributed by atoms with Gasteiger partial charge in [-0.15, -0.1) is 0 Å². The van der Waals surface area contributed by atoms with Crippen molar-refractivity contribution in [3.05, 3.63) is 87.9 Å². The molecule has 4 N–H and O–H groups in total. The number of aliphatic hydroxyl groups excluding tert-OH is 4. The van der Waals surface area contributed by atoms with Gasteiger partial charge in [0.2, 0.25) is 0 Å². The van der Waals surface area contributed by atoms with Crippen LogP contribution in [0.1, 0.15) is 35.3 Å². The molecule has 35 heavy (non-hydrogen) atoms. The van der Waals surface area contributed by atoms with E-state index in [1.54, 1.807) is 0 Å². The fourth-order valence-electron chi connectivity index (χ4n) is 4.57. The summed E-state index contributed by atoms with van der Waals surface area (Å²) < 4.78 is 11.4. The number of halogens is 1. The third-order valence-corrected chi connectivity index (χ3v) is 6.88. The van der Waals surface area contributed by atoms with E-state index in [9.17, 15) is 20.4 Å². The molecule has 0 aromatic heterocycles. The Bertz CT molecular complexity index is 1150. The molecule has 0 saturated carbocycles. The molecule has 186 valence electrons. The van der Waals surface area contributed by atoms with Gasteiger partial charge in [-0.1, -0.05) is 48.0 Å². The summed E-state index contributed by atoms with van der Waals surface area (Å²) in [7, 11) is 0. The Kier molecular flexibility index (Phi) is 8.12. The van der Waals surface area contributed by atoms with Gasteiger partial charge in [0.05, 0.1) is 13.2 Å². The van der Waals surface area contributed by atoms with E-state index in [0.29, 0.717) is 23.6 Å². The number of rotatable bonds is 7. The van der Waals surface area contributed by atoms with Crippen molar-refractivity contribution in [2.24, 2.45) is 0 Å². The van der Waals surface area contributed by atoms with Crippen LogP contribution >= 0.6 is 11.6 Å². The molecule has 1 aliphatic heterocycles. The summed E-state index contributed by atoms with van der Waals surface area (Å²) in [5.41, 5.74) is 5.45. The molecule has 4 rings (SSSR count). The van der Waals surface area contributed by atoms with Gasteiger partial charge in [0.15, 0.2) is 0 Å². The molecular weight excluding hydrogens is 468 g/mol. The second kappa shape index (κ2) is 11.1. The summed E-state index contributed by atoms with van der Waals surface area (Å²) in [4.78, 5) is 0. The molecule has 0 unspecified atom stereocenters. The van der Waals surface area contributed by atoms with E-state index in [2.05, 4.69) is 0 Å². The largest absolute Gasteiger partial charge is 0.494 e. The molecular formula is C28H31ClO6. The minimum absolute atomic E-state index is 0.482. The molecule has 7 heteroatoms. The summed E-state index contributed by atoms with van der Waals surface area (Å²) in [6.45, 7) is 4.09. The Labute approximate surface area is 210 Å². The van der Waals surface area contributed by atoms with Crippen LogP contribution in [0.5, 0.6) is 5.75 Å². The first-order valence-electron chi connectivity index (χ1n) is 11.7. The van der Waals surface area contributed by atoms with Crippen LogP contribution < -0.4 is 4.74 Å². The number of aliphatic hydroxyl groups is 4. The van der Waals surface area contributed by atoms with Crippen molar-refractivity contribution in [2.75, 3.05) is 13.2 Å². The molecule has 1 saturated heterocycles. The smallest absolute Gasteiger partial charge is 0.119 e. The van der Waals surface area contributed by atoms with Crippen molar-refractivity contribution < 1.29 is 29.9 Å². The first-order chi connectivity index (χ1) is 16.8. The van der Waals surface area contributed by atoms with Crippen LogP contribution in [-0.2, 0) is 11.2 Å². The second-order valence-corrected chi connectivity index (χ2v) is 9.24. The van der Waals surface area contributed by atoms with Crippen molar-refractivity contribution in [2.45, 2.75) is 50.8 Å². The fourth-order valence-corrected chi connectivity index (χ4v) is 4.81. The van der Waals surface area contributed by atoms with E-state index in [0.717, 1.165) is 33.6 Å². The second-order valence-electron chi connectivity index (χ2n) is 8.84. The molecule has 1 aliphatic rings. The average Bonchev–Trinajstić information content (AvgIpc) is 2.86. The molecule has 0 aliphatic carbocycles. The van der Waals surface area contributed by atoms with Crippen LogP contribution in [0.25, 0.3) is 11.1 Å². The Morgan fingerprint density at radius 3 is 2.29 bits per heavy atom. The van der Waals surface area contributed by atoms with Gasteiger partial charge in [-0.05, 0) is 72.4 Å². The lowest BCUT2D eigenvalue weighted by atomic mass is 9.85. The lowest BCUT2D eigenvalue weighted by Crippen LogP contribution is -2.55. The van der Waals surface area contributed by atoms with E-state index in [1.807, 2.05) is 74.5 Å². The highest BCUT2D eigenvalue weighted by Crippen LogP contribution is 2.39. The van der Waals surface area contributed by atoms with E-state index in [1.165, 1.54) is 0 Å². The zero-order valence-electron chi connectivity index (χ0n) is 19.8. The standard InChI is InChI=1S/C28H31ClO6/c1-3-34-20-10-8-17(9-11-20)12-18-13-19(28-27(33)26(32)25(31)24(15-30)35-28)14-22(16(18)2)21-6-4-5-7-23(21)29/h4-11,13-14,24-28,30-33H,3,12,15H2,1-2H3/t24-,25-,26+,27-,28+/m1/s1. The molecule has 1 heterocycles. The first-order valence-corrected chi connectivity index (χ1v) is 12.1. The maximum atomic E-state index is 10.8. The quantitative estimate of drug-likeness (QED) is 0.395. The molecule has 0 amide bonds. The molecule has 0 radical (unpaired) electrons. The molecule has 0 bridgehead atoms. The summed E-state index contributed by atoms with van der Waals surface area (Å²) in [6, 6.07) is 19.3. The highest BCUT2D eigenvalue weighted by atomic mass is 35.5. The Morgan fingerprint density at radius 1 is 0.914 bits per heavy atom. The van der Waals surface area contributed by atoms with Gasteiger partial charge >= 0.3 is 0 Å². The average molecular weight is 499 g/mol. The van der Waals surface area contributed by atoms with Crippen LogP contribution in [0.3, 0.4) is 0 Å². The zero-order chi connectivity index (χ0) is 25.1. The van der Waals surface area contributed by atoms with Gasteiger partial charge in [0, 0.05) is 10.6 Å². The monoisotopic (exact) mass is 498 g/mol. The Balaban J connectivity index is 1.79. The lowest BCUT2D eigenvalue weighted by molar-refractivity contribution is -0.231. The van der Waals surface area contributed by atoms with Crippen molar-refractivity contribution in [3.63, 3.8) is 0 Å². The number of hydrogen-bond donors (Lipinski definition) is 4. The molecule has 3 aromatic rings. The topological polar surface area (TPSA) is 99.4 Å². The van der Waals surface area contributed by atoms with Crippen LogP contribution in [0, 0.1) is 6.92 Å². The van der Waals surface area contributed by atoms with Crippen LogP contribution in [0.15, 0.2) is 60.7 Å². The van der Waals surface area contributed by atoms with Gasteiger partial charge in [-0.25, -0.2) is 0 Å². The van der Waals surface area contributed by atoms with Gasteiger partial charge in [0.1, 0.15) is 36.3 Å². The van der Waals surface area contributed by atoms with E-state index in [-0.39, 0.29) is 0 Å². The number of benzene rings is 3. The van der Waals surface area contributed by atoms with Crippen molar-refractivity contribution in [3.8, 4) is 16.9 Å². The minimum atomic E-state index is -1.45. The van der Waals surface area contributed by atoms with E-state index in [4.69, 9.17) is 21.1 Å². The lowest BCUT2D eigenvalue weighted by Gasteiger charge is -2.40. The summed E-state index contributed by atoms with van der Waals surface area (Å²) in [6.07, 6.45) is -5.55. The van der Waals surface area contributed by atoms with Crippen LogP contribution in [-0.4, -0.2) is 58.1 Å². The van der Waals surface area contributed by atoms with Crippen molar-refractivity contribution in [1.29, 1.82) is 0 Å². The molecule has 0 spiro atoms. The normalized spacial score (nSPS) is 24.4. The van der Waals surface area contributed by atoms with Crippen LogP contribution in [0.4, 0.5) is 0 Å². The highest BCUT2D eigenvalue weighted by molar-refractivity contribution is 6.33. The number of ether oxygens (including phenoxy) is 2. The number of hydrogen-bond acceptors (Lipinski definition) is 6. The van der Waals surface area contributed by atoms with Crippen molar-refractivity contribution in [1.82, 2.24) is 0 Å². The van der Waals surface area contributed by atoms with Gasteiger partial charge in [-0.2, -0.15) is 0 Å². The SMILES string of the molecule is CCOc1ccc(Cc2cc([C@@H]3O[C@H](CO)[C@@H](O)[C@H](O)[C@H]3O)cc(-c3ccccc3Cl)c2C)cc1. The maximum Gasteiger partial charge on any atom is 0.119 e. The van der Waals surface area contributed by atoms with Gasteiger partial charge < -0.3 is 29.9 Å². The molecule has 1 fully saturated rings. The molecule has 3 aromatic carbocycles. The predicted molar refractivity (Wildman–Crippen MR) is 135 cm³/mol. The molecule has 5 atom stereocenters. The van der Waals surface area contributed by atoms with Gasteiger partial charge in [0.25, 0.3) is 0 Å². The van der Waals surface area contributed by atoms with E-state index >= 15 is 0 Å². The summed E-state index contributed by atoms with van der Waals surface area (Å²) in [5, 5.41) is 41.6. The molecule has 6 nitrogen and oxygen atoms in total. The van der Waals surface area contributed by atoms with Crippen molar-refractivity contribution >= 4 is 11.6 Å². The van der Waals surface area contributed by atoms with E-state index < -0.39 is 37.1 Å². The summed E-state index contributed by atoms with van der Waals surface area (Å²) in [5.74, 6) is 0.805. The Hall–Kier alpha value is -2.45. The maximum absolute atomic E-state index is 10.8. The predicted octanol–water partition coefficient (Wildman–Crippen LogP) is 3.82.